The van der Waals surface area contributed by atoms with Gasteiger partial charge in [0.25, 0.3) is 0 Å². The lowest BCUT2D eigenvalue weighted by atomic mass is 9.68. The molecular weight excluding hydrogens is 490 g/mol. The third-order valence-corrected chi connectivity index (χ3v) is 7.94. The first-order valence-corrected chi connectivity index (χ1v) is 13.4. The Kier molecular flexibility index (Phi) is 7.77. The molecule has 0 unspecified atom stereocenters. The highest BCUT2D eigenvalue weighted by molar-refractivity contribution is 6.22. The summed E-state index contributed by atoms with van der Waals surface area (Å²) in [6, 6.07) is 25.8. The van der Waals surface area contributed by atoms with E-state index >= 15 is 0 Å². The van der Waals surface area contributed by atoms with E-state index in [1.54, 1.807) is 42.5 Å². The van der Waals surface area contributed by atoms with Crippen LogP contribution in [0.5, 0.6) is 5.75 Å². The van der Waals surface area contributed by atoms with Gasteiger partial charge in [-0.15, -0.1) is 0 Å². The topological polar surface area (TPSA) is 98.1 Å². The van der Waals surface area contributed by atoms with Crippen molar-refractivity contribution in [2.45, 2.75) is 32.3 Å². The Morgan fingerprint density at radius 3 is 2.33 bits per heavy atom. The Balaban J connectivity index is 1.40. The van der Waals surface area contributed by atoms with Gasteiger partial charge in [-0.1, -0.05) is 72.3 Å². The second-order valence-corrected chi connectivity index (χ2v) is 10.4. The first kappa shape index (κ1) is 26.6. The molecular formula is C33H33NO5. The number of para-hydroxylation sites is 1. The van der Waals surface area contributed by atoms with Gasteiger partial charge in [0.2, 0.25) is 11.8 Å². The molecule has 0 spiro atoms. The van der Waals surface area contributed by atoms with Crippen molar-refractivity contribution in [2.75, 3.05) is 11.5 Å². The maximum atomic E-state index is 13.5. The van der Waals surface area contributed by atoms with Crippen LogP contribution in [0.2, 0.25) is 0 Å². The van der Waals surface area contributed by atoms with Gasteiger partial charge in [0, 0.05) is 5.92 Å². The number of nitrogens with zero attached hydrogens (tertiary/aromatic N) is 1. The minimum atomic E-state index is -0.881. The van der Waals surface area contributed by atoms with E-state index in [1.165, 1.54) is 4.90 Å². The van der Waals surface area contributed by atoms with E-state index < -0.39 is 23.9 Å². The van der Waals surface area contributed by atoms with E-state index in [0.717, 1.165) is 22.3 Å². The number of anilines is 1. The molecule has 4 atom stereocenters. The number of aliphatic hydroxyl groups is 2. The largest absolute Gasteiger partial charge is 0.508 e. The van der Waals surface area contributed by atoms with Gasteiger partial charge in [-0.05, 0) is 72.7 Å². The van der Waals surface area contributed by atoms with Crippen molar-refractivity contribution in [1.29, 1.82) is 0 Å². The minimum absolute atomic E-state index is 0.180. The molecule has 1 aliphatic heterocycles. The summed E-state index contributed by atoms with van der Waals surface area (Å²) in [5.74, 6) is -2.26. The van der Waals surface area contributed by atoms with Crippen LogP contribution in [-0.4, -0.2) is 39.8 Å². The normalized spacial score (nSPS) is 22.3. The van der Waals surface area contributed by atoms with Crippen molar-refractivity contribution in [2.24, 2.45) is 17.8 Å². The van der Waals surface area contributed by atoms with E-state index in [-0.39, 0.29) is 24.2 Å². The quantitative estimate of drug-likeness (QED) is 0.214. The van der Waals surface area contributed by atoms with Crippen LogP contribution in [0.25, 0.3) is 11.6 Å². The van der Waals surface area contributed by atoms with Crippen molar-refractivity contribution < 1.29 is 24.9 Å². The Hall–Kier alpha value is -4.00. The van der Waals surface area contributed by atoms with Gasteiger partial charge < -0.3 is 15.3 Å². The summed E-state index contributed by atoms with van der Waals surface area (Å²) in [7, 11) is 0. The van der Waals surface area contributed by atoms with E-state index in [9.17, 15) is 24.9 Å². The molecule has 2 aliphatic rings. The highest BCUT2D eigenvalue weighted by Gasteiger charge is 2.54. The Labute approximate surface area is 228 Å². The van der Waals surface area contributed by atoms with Crippen molar-refractivity contribution in [3.8, 4) is 5.75 Å². The summed E-state index contributed by atoms with van der Waals surface area (Å²) >= 11 is 0. The number of hydrogen-bond donors (Lipinski definition) is 3. The number of phenols is 1. The number of imide groups is 1. The van der Waals surface area contributed by atoms with Crippen LogP contribution in [-0.2, 0) is 9.59 Å². The molecule has 0 aromatic heterocycles. The number of aliphatic hydroxyl groups excluding tert-OH is 2. The summed E-state index contributed by atoms with van der Waals surface area (Å²) in [5, 5.41) is 31.8. The number of carbonyl (C=O) groups excluding carboxylic acids is 2. The monoisotopic (exact) mass is 523 g/mol. The maximum absolute atomic E-state index is 13.5. The summed E-state index contributed by atoms with van der Waals surface area (Å²) < 4.78 is 0. The fourth-order valence-electron chi connectivity index (χ4n) is 6.16. The second kappa shape index (κ2) is 11.4. The number of hydrogen-bond acceptors (Lipinski definition) is 5. The zero-order valence-electron chi connectivity index (χ0n) is 21.9. The number of amides is 2. The molecule has 200 valence electrons. The first-order valence-electron chi connectivity index (χ1n) is 13.4. The molecule has 1 aliphatic carbocycles. The summed E-state index contributed by atoms with van der Waals surface area (Å²) in [6.07, 6.45) is 2.41. The van der Waals surface area contributed by atoms with Crippen LogP contribution in [0.3, 0.4) is 0 Å². The molecule has 1 fully saturated rings. The molecule has 3 N–H and O–H groups in total. The zero-order chi connectivity index (χ0) is 27.5. The van der Waals surface area contributed by atoms with Crippen molar-refractivity contribution in [3.63, 3.8) is 0 Å². The summed E-state index contributed by atoms with van der Waals surface area (Å²) in [4.78, 5) is 28.1. The molecule has 1 saturated heterocycles. The molecule has 0 bridgehead atoms. The third-order valence-electron chi connectivity index (χ3n) is 7.94. The van der Waals surface area contributed by atoms with Gasteiger partial charge in [0.05, 0.1) is 30.2 Å². The van der Waals surface area contributed by atoms with Gasteiger partial charge in [0.1, 0.15) is 5.75 Å². The zero-order valence-corrected chi connectivity index (χ0v) is 21.9. The molecule has 0 radical (unpaired) electrons. The lowest BCUT2D eigenvalue weighted by molar-refractivity contribution is -0.123. The number of rotatable bonds is 8. The van der Waals surface area contributed by atoms with Gasteiger partial charge in [-0.2, -0.15) is 0 Å². The summed E-state index contributed by atoms with van der Waals surface area (Å²) in [6.45, 7) is 1.57. The highest BCUT2D eigenvalue weighted by Crippen LogP contribution is 2.47. The van der Waals surface area contributed by atoms with Gasteiger partial charge in [-0.25, -0.2) is 0 Å². The Bertz CT molecular complexity index is 1410. The van der Waals surface area contributed by atoms with E-state index in [1.807, 2.05) is 55.5 Å². The predicted octanol–water partition coefficient (Wildman–Crippen LogP) is 5.21. The molecule has 3 aromatic rings. The van der Waals surface area contributed by atoms with Crippen LogP contribution < -0.4 is 4.90 Å². The van der Waals surface area contributed by atoms with E-state index in [4.69, 9.17) is 0 Å². The fraction of sp³-hybridized carbons (Fsp3) is 0.273. The molecule has 5 rings (SSSR count). The van der Waals surface area contributed by atoms with Gasteiger partial charge >= 0.3 is 0 Å². The molecule has 3 aromatic carbocycles. The predicted molar refractivity (Wildman–Crippen MR) is 151 cm³/mol. The second-order valence-electron chi connectivity index (χ2n) is 10.4. The number of allylic oxidation sites excluding steroid dienone is 2. The van der Waals surface area contributed by atoms with E-state index in [0.29, 0.717) is 30.5 Å². The van der Waals surface area contributed by atoms with Crippen LogP contribution in [0, 0.1) is 17.8 Å². The molecule has 1 heterocycles. The SMILES string of the molecule is CC1=C([C@H](O)CC/C(=C/c2cccc(O)c2)c2ccccc2)[C@H](CO)[C@@H]2C(=O)N(c3ccccc3)C(=O)[C@@H]2C1. The average Bonchev–Trinajstić information content (AvgIpc) is 3.19. The lowest BCUT2D eigenvalue weighted by Crippen LogP contribution is -2.38. The van der Waals surface area contributed by atoms with Crippen molar-refractivity contribution in [1.82, 2.24) is 0 Å². The highest BCUT2D eigenvalue weighted by atomic mass is 16.3. The van der Waals surface area contributed by atoms with Crippen LogP contribution in [0.15, 0.2) is 96.1 Å². The number of phenolic OH excluding ortho intramolecular Hbond substituents is 1. The average molecular weight is 524 g/mol. The number of carbonyl (C=O) groups is 2. The Morgan fingerprint density at radius 1 is 0.974 bits per heavy atom. The third kappa shape index (κ3) is 5.31. The van der Waals surface area contributed by atoms with Gasteiger partial charge in [-0.3, -0.25) is 14.5 Å². The standard InChI is InChI=1S/C33H33NO5/c1-21-17-27-31(33(39)34(32(27)38)25-12-6-3-7-13-25)28(20-35)30(21)29(37)16-15-24(23-10-4-2-5-11-23)18-22-9-8-14-26(36)19-22/h2-14,18-19,27-29,31,35-37H,15-17,20H2,1H3/b24-18-/t27-,28+,29-,31-/m1/s1. The molecule has 39 heavy (non-hydrogen) atoms. The number of benzene rings is 3. The van der Waals surface area contributed by atoms with Crippen LogP contribution in [0.4, 0.5) is 5.69 Å². The van der Waals surface area contributed by atoms with E-state index in [2.05, 4.69) is 0 Å². The summed E-state index contributed by atoms with van der Waals surface area (Å²) in [5.41, 5.74) is 4.91. The number of fused-ring (bicyclic) bond motifs is 1. The minimum Gasteiger partial charge on any atom is -0.508 e. The van der Waals surface area contributed by atoms with Crippen molar-refractivity contribution in [3.05, 3.63) is 107 Å². The maximum Gasteiger partial charge on any atom is 0.238 e. The molecule has 0 saturated carbocycles. The van der Waals surface area contributed by atoms with Crippen LogP contribution in [0.1, 0.15) is 37.3 Å². The first-order chi connectivity index (χ1) is 18.9. The lowest BCUT2D eigenvalue weighted by Gasteiger charge is -2.35. The van der Waals surface area contributed by atoms with Crippen molar-refractivity contribution >= 4 is 29.2 Å². The number of aromatic hydroxyl groups is 1. The molecule has 2 amide bonds. The molecule has 6 heteroatoms. The fourth-order valence-corrected chi connectivity index (χ4v) is 6.16. The Morgan fingerprint density at radius 2 is 1.67 bits per heavy atom. The smallest absolute Gasteiger partial charge is 0.238 e. The molecule has 6 nitrogen and oxygen atoms in total. The van der Waals surface area contributed by atoms with Crippen LogP contribution >= 0.6 is 0 Å². The van der Waals surface area contributed by atoms with Gasteiger partial charge in [0.15, 0.2) is 0 Å².